The maximum absolute atomic E-state index is 12.0. The highest BCUT2D eigenvalue weighted by Gasteiger charge is 2.31. The topological polar surface area (TPSA) is 66.6 Å². The smallest absolute Gasteiger partial charge is 0.226 e. The van der Waals surface area contributed by atoms with E-state index in [1.54, 1.807) is 0 Å². The molecule has 1 saturated carbocycles. The largest absolute Gasteiger partial charge is 0.392 e. The number of amides is 1. The molecule has 2 aromatic rings. The molecule has 0 spiro atoms. The molecule has 106 valence electrons. The molecule has 1 amide bonds. The molecule has 0 radical (unpaired) electrons. The van der Waals surface area contributed by atoms with Crippen LogP contribution in [0.1, 0.15) is 30.7 Å². The molecule has 2 heterocycles. The van der Waals surface area contributed by atoms with E-state index < -0.39 is 6.10 Å². The van der Waals surface area contributed by atoms with Crippen LogP contribution in [0.2, 0.25) is 0 Å². The third-order valence-corrected chi connectivity index (χ3v) is 4.01. The Morgan fingerprint density at radius 1 is 1.50 bits per heavy atom. The molecule has 2 atom stereocenters. The van der Waals surface area contributed by atoms with Gasteiger partial charge in [-0.2, -0.15) is 0 Å². The van der Waals surface area contributed by atoms with Gasteiger partial charge in [0.1, 0.15) is 5.65 Å². The summed E-state index contributed by atoms with van der Waals surface area (Å²) in [6.45, 7) is 2.43. The van der Waals surface area contributed by atoms with Crippen molar-refractivity contribution in [3.63, 3.8) is 0 Å². The average molecular weight is 273 g/mol. The second-order valence-corrected chi connectivity index (χ2v) is 5.45. The van der Waals surface area contributed by atoms with Gasteiger partial charge in [0.15, 0.2) is 0 Å². The van der Waals surface area contributed by atoms with Crippen molar-refractivity contribution in [1.29, 1.82) is 0 Å². The standard InChI is InChI=1S/C15H19N3O2/c1-10-4-2-7-14-17-11(9-18(10)14)8-16-15(20)12-5-3-6-13(12)19/h2,4,7,9,12-13,19H,3,5-6,8H2,1H3,(H,16,20). The zero-order chi connectivity index (χ0) is 14.1. The number of hydrogen-bond donors (Lipinski definition) is 2. The molecule has 1 fully saturated rings. The average Bonchev–Trinajstić information content (AvgIpc) is 3.03. The minimum absolute atomic E-state index is 0.0659. The summed E-state index contributed by atoms with van der Waals surface area (Å²) >= 11 is 0. The van der Waals surface area contributed by atoms with Gasteiger partial charge in [-0.3, -0.25) is 4.79 Å². The van der Waals surface area contributed by atoms with E-state index in [1.807, 2.05) is 35.7 Å². The summed E-state index contributed by atoms with van der Waals surface area (Å²) < 4.78 is 2.01. The predicted molar refractivity (Wildman–Crippen MR) is 75.1 cm³/mol. The Balaban J connectivity index is 1.68. The van der Waals surface area contributed by atoms with Crippen molar-refractivity contribution in [3.05, 3.63) is 35.8 Å². The van der Waals surface area contributed by atoms with E-state index in [-0.39, 0.29) is 11.8 Å². The van der Waals surface area contributed by atoms with E-state index in [0.717, 1.165) is 36.3 Å². The SMILES string of the molecule is Cc1cccc2nc(CNC(=O)C3CCCC3O)cn12. The van der Waals surface area contributed by atoms with Gasteiger partial charge >= 0.3 is 0 Å². The molecule has 5 nitrogen and oxygen atoms in total. The van der Waals surface area contributed by atoms with Crippen molar-refractivity contribution in [2.75, 3.05) is 0 Å². The molecule has 2 aromatic heterocycles. The molecule has 3 rings (SSSR count). The van der Waals surface area contributed by atoms with E-state index in [4.69, 9.17) is 0 Å². The van der Waals surface area contributed by atoms with Crippen LogP contribution in [0.3, 0.4) is 0 Å². The van der Waals surface area contributed by atoms with E-state index in [0.29, 0.717) is 6.54 Å². The summed E-state index contributed by atoms with van der Waals surface area (Å²) in [4.78, 5) is 16.5. The first-order valence-electron chi connectivity index (χ1n) is 7.04. The lowest BCUT2D eigenvalue weighted by Gasteiger charge is -2.13. The number of fused-ring (bicyclic) bond motifs is 1. The lowest BCUT2D eigenvalue weighted by atomic mass is 10.1. The Labute approximate surface area is 117 Å². The molecule has 2 N–H and O–H groups in total. The van der Waals surface area contributed by atoms with Gasteiger partial charge in [0, 0.05) is 11.9 Å². The monoisotopic (exact) mass is 273 g/mol. The van der Waals surface area contributed by atoms with Crippen molar-refractivity contribution in [3.8, 4) is 0 Å². The van der Waals surface area contributed by atoms with Crippen LogP contribution in [0.4, 0.5) is 0 Å². The van der Waals surface area contributed by atoms with Crippen molar-refractivity contribution < 1.29 is 9.90 Å². The molecule has 2 unspecified atom stereocenters. The number of aliphatic hydroxyl groups is 1. The molecule has 0 aromatic carbocycles. The third kappa shape index (κ3) is 2.41. The molecule has 1 aliphatic rings. The fourth-order valence-electron chi connectivity index (χ4n) is 2.84. The number of carbonyl (C=O) groups is 1. The van der Waals surface area contributed by atoms with E-state index in [2.05, 4.69) is 10.3 Å². The summed E-state index contributed by atoms with van der Waals surface area (Å²) in [6.07, 6.45) is 3.88. The lowest BCUT2D eigenvalue weighted by Crippen LogP contribution is -2.34. The fraction of sp³-hybridized carbons (Fsp3) is 0.467. The Kier molecular flexibility index (Phi) is 3.44. The van der Waals surface area contributed by atoms with Crippen LogP contribution in [0.15, 0.2) is 24.4 Å². The van der Waals surface area contributed by atoms with Crippen molar-refractivity contribution >= 4 is 11.6 Å². The van der Waals surface area contributed by atoms with E-state index in [1.165, 1.54) is 0 Å². The molecular weight excluding hydrogens is 254 g/mol. The van der Waals surface area contributed by atoms with Crippen molar-refractivity contribution in [1.82, 2.24) is 14.7 Å². The van der Waals surface area contributed by atoms with E-state index >= 15 is 0 Å². The van der Waals surface area contributed by atoms with Gasteiger partial charge in [-0.25, -0.2) is 4.98 Å². The minimum atomic E-state index is -0.488. The maximum atomic E-state index is 12.0. The first kappa shape index (κ1) is 13.1. The molecule has 0 aliphatic heterocycles. The second-order valence-electron chi connectivity index (χ2n) is 5.45. The second kappa shape index (κ2) is 5.25. The molecule has 0 saturated heterocycles. The zero-order valence-electron chi connectivity index (χ0n) is 11.5. The van der Waals surface area contributed by atoms with Gasteiger partial charge in [-0.1, -0.05) is 6.07 Å². The number of carbonyl (C=O) groups excluding carboxylic acids is 1. The summed E-state index contributed by atoms with van der Waals surface area (Å²) in [6, 6.07) is 5.93. The number of nitrogens with zero attached hydrogens (tertiary/aromatic N) is 2. The van der Waals surface area contributed by atoms with Crippen LogP contribution < -0.4 is 5.32 Å². The highest BCUT2D eigenvalue weighted by Crippen LogP contribution is 2.25. The maximum Gasteiger partial charge on any atom is 0.226 e. The molecule has 20 heavy (non-hydrogen) atoms. The van der Waals surface area contributed by atoms with Crippen molar-refractivity contribution in [2.24, 2.45) is 5.92 Å². The van der Waals surface area contributed by atoms with Crippen molar-refractivity contribution in [2.45, 2.75) is 38.8 Å². The number of aliphatic hydroxyl groups excluding tert-OH is 1. The zero-order valence-corrected chi connectivity index (χ0v) is 11.5. The van der Waals surface area contributed by atoms with Gasteiger partial charge < -0.3 is 14.8 Å². The van der Waals surface area contributed by atoms with Crippen LogP contribution in [-0.2, 0) is 11.3 Å². The minimum Gasteiger partial charge on any atom is -0.392 e. The lowest BCUT2D eigenvalue weighted by molar-refractivity contribution is -0.127. The molecule has 1 aliphatic carbocycles. The summed E-state index contributed by atoms with van der Waals surface area (Å²) in [5, 5.41) is 12.6. The summed E-state index contributed by atoms with van der Waals surface area (Å²) in [7, 11) is 0. The number of aromatic nitrogens is 2. The van der Waals surface area contributed by atoms with Crippen LogP contribution in [0, 0.1) is 12.8 Å². The number of aryl methyl sites for hydroxylation is 1. The molecular formula is C15H19N3O2. The van der Waals surface area contributed by atoms with Crippen LogP contribution in [0.5, 0.6) is 0 Å². The summed E-state index contributed by atoms with van der Waals surface area (Å²) in [5.41, 5.74) is 2.83. The third-order valence-electron chi connectivity index (χ3n) is 4.01. The first-order chi connectivity index (χ1) is 9.65. The Hall–Kier alpha value is -1.88. The first-order valence-corrected chi connectivity index (χ1v) is 7.04. The van der Waals surface area contributed by atoms with Crippen LogP contribution in [-0.4, -0.2) is 26.5 Å². The van der Waals surface area contributed by atoms with E-state index in [9.17, 15) is 9.90 Å². The molecule has 0 bridgehead atoms. The summed E-state index contributed by atoms with van der Waals surface area (Å²) in [5.74, 6) is -0.322. The van der Waals surface area contributed by atoms with Gasteiger partial charge in [-0.05, 0) is 38.3 Å². The van der Waals surface area contributed by atoms with Crippen LogP contribution in [0.25, 0.3) is 5.65 Å². The number of pyridine rings is 1. The molecule has 5 heteroatoms. The number of imidazole rings is 1. The van der Waals surface area contributed by atoms with Crippen LogP contribution >= 0.6 is 0 Å². The number of hydrogen-bond acceptors (Lipinski definition) is 3. The highest BCUT2D eigenvalue weighted by atomic mass is 16.3. The fourth-order valence-corrected chi connectivity index (χ4v) is 2.84. The Morgan fingerprint density at radius 3 is 3.05 bits per heavy atom. The number of rotatable bonds is 3. The Bertz CT molecular complexity index is 635. The highest BCUT2D eigenvalue weighted by molar-refractivity contribution is 5.79. The Morgan fingerprint density at radius 2 is 2.35 bits per heavy atom. The van der Waals surface area contributed by atoms with Gasteiger partial charge in [0.05, 0.1) is 24.3 Å². The predicted octanol–water partition coefficient (Wildman–Crippen LogP) is 1.42. The van der Waals surface area contributed by atoms with Gasteiger partial charge in [0.2, 0.25) is 5.91 Å². The normalized spacial score (nSPS) is 22.3. The number of nitrogens with one attached hydrogen (secondary N) is 1. The van der Waals surface area contributed by atoms with Gasteiger partial charge in [0.25, 0.3) is 0 Å². The van der Waals surface area contributed by atoms with Gasteiger partial charge in [-0.15, -0.1) is 0 Å². The quantitative estimate of drug-likeness (QED) is 0.889.